The Morgan fingerprint density at radius 2 is 1.91 bits per heavy atom. The average Bonchev–Trinajstić information content (AvgIpc) is 2.50. The quantitative estimate of drug-likeness (QED) is 0.891. The third-order valence-electron chi connectivity index (χ3n) is 3.06. The zero-order valence-corrected chi connectivity index (χ0v) is 12.9. The molecular formula is C17H17FN2O3. The summed E-state index contributed by atoms with van der Waals surface area (Å²) in [5.41, 5.74) is 1.23. The van der Waals surface area contributed by atoms with Crippen molar-refractivity contribution >= 4 is 23.2 Å². The second kappa shape index (κ2) is 7.40. The van der Waals surface area contributed by atoms with Crippen LogP contribution in [0.3, 0.4) is 0 Å². The number of amides is 2. The van der Waals surface area contributed by atoms with Crippen LogP contribution >= 0.6 is 0 Å². The van der Waals surface area contributed by atoms with Crippen molar-refractivity contribution in [2.75, 3.05) is 17.7 Å². The number of methoxy groups -OCH3 is 1. The average molecular weight is 316 g/mol. The molecule has 0 heterocycles. The summed E-state index contributed by atoms with van der Waals surface area (Å²) in [6, 6.07) is 11.2. The first-order valence-electron chi connectivity index (χ1n) is 6.98. The van der Waals surface area contributed by atoms with Crippen LogP contribution in [0.5, 0.6) is 5.75 Å². The molecule has 2 aromatic carbocycles. The van der Waals surface area contributed by atoms with Crippen LogP contribution in [0, 0.1) is 5.82 Å². The summed E-state index contributed by atoms with van der Waals surface area (Å²) in [7, 11) is 1.56. The normalized spacial score (nSPS) is 10.0. The molecule has 0 radical (unpaired) electrons. The molecule has 0 aliphatic heterocycles. The lowest BCUT2D eigenvalue weighted by Crippen LogP contribution is -2.15. The third-order valence-corrected chi connectivity index (χ3v) is 3.06. The minimum atomic E-state index is -0.564. The molecule has 0 spiro atoms. The van der Waals surface area contributed by atoms with Crippen LogP contribution < -0.4 is 15.4 Å². The number of halogens is 1. The topological polar surface area (TPSA) is 67.4 Å². The molecule has 2 N–H and O–H groups in total. The molecule has 0 bridgehead atoms. The summed E-state index contributed by atoms with van der Waals surface area (Å²) in [6.45, 7) is 1.29. The van der Waals surface area contributed by atoms with E-state index in [0.29, 0.717) is 11.4 Å². The van der Waals surface area contributed by atoms with Crippen molar-refractivity contribution in [3.63, 3.8) is 0 Å². The molecule has 0 unspecified atom stereocenters. The van der Waals surface area contributed by atoms with Gasteiger partial charge in [-0.15, -0.1) is 0 Å². The summed E-state index contributed by atoms with van der Waals surface area (Å²) in [5.74, 6) is -0.529. The Balaban J connectivity index is 2.06. The van der Waals surface area contributed by atoms with E-state index in [1.807, 2.05) is 6.07 Å². The van der Waals surface area contributed by atoms with Crippen molar-refractivity contribution < 1.29 is 18.7 Å². The van der Waals surface area contributed by atoms with Crippen molar-refractivity contribution in [3.8, 4) is 5.75 Å². The van der Waals surface area contributed by atoms with E-state index in [4.69, 9.17) is 4.74 Å². The van der Waals surface area contributed by atoms with Crippen LogP contribution in [-0.4, -0.2) is 18.9 Å². The van der Waals surface area contributed by atoms with Crippen LogP contribution in [0.1, 0.15) is 12.5 Å². The van der Waals surface area contributed by atoms with Crippen LogP contribution in [0.15, 0.2) is 42.5 Å². The first kappa shape index (κ1) is 16.5. The summed E-state index contributed by atoms with van der Waals surface area (Å²) >= 11 is 0. The lowest BCUT2D eigenvalue weighted by molar-refractivity contribution is -0.115. The fourth-order valence-electron chi connectivity index (χ4n) is 2.06. The number of ether oxygens (including phenoxy) is 1. The minimum Gasteiger partial charge on any atom is -0.497 e. The van der Waals surface area contributed by atoms with E-state index < -0.39 is 5.82 Å². The van der Waals surface area contributed by atoms with Crippen LogP contribution in [0.25, 0.3) is 0 Å². The maximum atomic E-state index is 13.6. The van der Waals surface area contributed by atoms with Gasteiger partial charge in [-0.2, -0.15) is 0 Å². The van der Waals surface area contributed by atoms with Gasteiger partial charge in [0.1, 0.15) is 11.6 Å². The molecule has 0 fully saturated rings. The van der Waals surface area contributed by atoms with Gasteiger partial charge in [-0.3, -0.25) is 9.59 Å². The van der Waals surface area contributed by atoms with E-state index >= 15 is 0 Å². The Labute approximate surface area is 133 Å². The zero-order valence-electron chi connectivity index (χ0n) is 12.9. The second-order valence-electron chi connectivity index (χ2n) is 4.95. The minimum absolute atomic E-state index is 0.0247. The van der Waals surface area contributed by atoms with Gasteiger partial charge in [-0.05, 0) is 35.9 Å². The van der Waals surface area contributed by atoms with Crippen LogP contribution in [-0.2, 0) is 16.0 Å². The molecule has 0 aromatic heterocycles. The molecule has 0 atom stereocenters. The van der Waals surface area contributed by atoms with Gasteiger partial charge in [0, 0.05) is 12.6 Å². The fraction of sp³-hybridized carbons (Fsp3) is 0.176. The summed E-state index contributed by atoms with van der Waals surface area (Å²) in [4.78, 5) is 23.1. The van der Waals surface area contributed by atoms with Crippen molar-refractivity contribution in [2.24, 2.45) is 0 Å². The zero-order chi connectivity index (χ0) is 16.8. The van der Waals surface area contributed by atoms with E-state index in [9.17, 15) is 14.0 Å². The number of nitrogens with one attached hydrogen (secondary N) is 2. The number of carbonyl (C=O) groups is 2. The molecule has 2 rings (SSSR count). The molecule has 0 aliphatic carbocycles. The Kier molecular flexibility index (Phi) is 5.30. The van der Waals surface area contributed by atoms with E-state index in [1.165, 1.54) is 25.1 Å². The predicted molar refractivity (Wildman–Crippen MR) is 86.0 cm³/mol. The van der Waals surface area contributed by atoms with Crippen molar-refractivity contribution in [3.05, 3.63) is 53.8 Å². The first-order chi connectivity index (χ1) is 11.0. The highest BCUT2D eigenvalue weighted by atomic mass is 19.1. The first-order valence-corrected chi connectivity index (χ1v) is 6.98. The summed E-state index contributed by atoms with van der Waals surface area (Å²) < 4.78 is 18.7. The van der Waals surface area contributed by atoms with Gasteiger partial charge in [0.05, 0.1) is 19.2 Å². The Morgan fingerprint density at radius 1 is 1.13 bits per heavy atom. The van der Waals surface area contributed by atoms with Gasteiger partial charge >= 0.3 is 0 Å². The van der Waals surface area contributed by atoms with Gasteiger partial charge in [-0.1, -0.05) is 12.1 Å². The van der Waals surface area contributed by atoms with Gasteiger partial charge in [0.2, 0.25) is 11.8 Å². The smallest absolute Gasteiger partial charge is 0.228 e. The number of hydrogen-bond acceptors (Lipinski definition) is 3. The predicted octanol–water partition coefficient (Wildman–Crippen LogP) is 2.97. The van der Waals surface area contributed by atoms with Crippen molar-refractivity contribution in [2.45, 2.75) is 13.3 Å². The van der Waals surface area contributed by atoms with Gasteiger partial charge in [0.25, 0.3) is 0 Å². The highest BCUT2D eigenvalue weighted by molar-refractivity contribution is 5.94. The molecule has 120 valence electrons. The number of anilines is 2. The van der Waals surface area contributed by atoms with Crippen molar-refractivity contribution in [1.29, 1.82) is 0 Å². The standard InChI is InChI=1S/C17H17FN2O3/c1-11(21)19-16-10-13(6-7-15(16)18)20-17(22)9-12-4-3-5-14(8-12)23-2/h3-8,10H,9H2,1-2H3,(H,19,21)(H,20,22). The van der Waals surface area contributed by atoms with E-state index in [-0.39, 0.29) is 23.9 Å². The maximum Gasteiger partial charge on any atom is 0.228 e. The largest absolute Gasteiger partial charge is 0.497 e. The molecule has 0 saturated heterocycles. The number of hydrogen-bond donors (Lipinski definition) is 2. The molecular weight excluding hydrogens is 299 g/mol. The van der Waals surface area contributed by atoms with E-state index in [0.717, 1.165) is 5.56 Å². The van der Waals surface area contributed by atoms with E-state index in [1.54, 1.807) is 25.3 Å². The number of benzene rings is 2. The summed E-state index contributed by atoms with van der Waals surface area (Å²) in [5, 5.41) is 5.04. The molecule has 0 aliphatic rings. The highest BCUT2D eigenvalue weighted by Gasteiger charge is 2.09. The lowest BCUT2D eigenvalue weighted by atomic mass is 10.1. The Bertz CT molecular complexity index is 732. The monoisotopic (exact) mass is 316 g/mol. The Hall–Kier alpha value is -2.89. The molecule has 2 aromatic rings. The molecule has 2 amide bonds. The SMILES string of the molecule is COc1cccc(CC(=O)Nc2ccc(F)c(NC(C)=O)c2)c1. The lowest BCUT2D eigenvalue weighted by Gasteiger charge is -2.09. The Morgan fingerprint density at radius 3 is 2.61 bits per heavy atom. The maximum absolute atomic E-state index is 13.6. The molecule has 5 nitrogen and oxygen atoms in total. The second-order valence-corrected chi connectivity index (χ2v) is 4.95. The molecule has 6 heteroatoms. The van der Waals surface area contributed by atoms with Gasteiger partial charge in [-0.25, -0.2) is 4.39 Å². The fourth-order valence-corrected chi connectivity index (χ4v) is 2.06. The van der Waals surface area contributed by atoms with Crippen LogP contribution in [0.4, 0.5) is 15.8 Å². The summed E-state index contributed by atoms with van der Waals surface area (Å²) in [6.07, 6.45) is 0.157. The van der Waals surface area contributed by atoms with E-state index in [2.05, 4.69) is 10.6 Å². The molecule has 0 saturated carbocycles. The van der Waals surface area contributed by atoms with Gasteiger partial charge < -0.3 is 15.4 Å². The van der Waals surface area contributed by atoms with Gasteiger partial charge in [0.15, 0.2) is 0 Å². The molecule has 23 heavy (non-hydrogen) atoms. The number of carbonyl (C=O) groups excluding carboxylic acids is 2. The number of rotatable bonds is 5. The third kappa shape index (κ3) is 4.81. The van der Waals surface area contributed by atoms with Crippen molar-refractivity contribution in [1.82, 2.24) is 0 Å². The highest BCUT2D eigenvalue weighted by Crippen LogP contribution is 2.20. The van der Waals surface area contributed by atoms with Crippen LogP contribution in [0.2, 0.25) is 0 Å².